The van der Waals surface area contributed by atoms with Gasteiger partial charge in [0.05, 0.1) is 6.61 Å². The highest BCUT2D eigenvalue weighted by Crippen LogP contribution is 2.27. The van der Waals surface area contributed by atoms with E-state index in [9.17, 15) is 0 Å². The van der Waals surface area contributed by atoms with Gasteiger partial charge in [0.25, 0.3) is 0 Å². The van der Waals surface area contributed by atoms with Crippen LogP contribution in [0.5, 0.6) is 5.75 Å². The quantitative estimate of drug-likeness (QED) is 0.622. The van der Waals surface area contributed by atoms with Gasteiger partial charge in [-0.05, 0) is 62.4 Å². The summed E-state index contributed by atoms with van der Waals surface area (Å²) in [7, 11) is 0. The van der Waals surface area contributed by atoms with Crippen molar-refractivity contribution in [1.82, 2.24) is 0 Å². The van der Waals surface area contributed by atoms with Crippen LogP contribution in [0.25, 0.3) is 0 Å². The molecule has 0 amide bonds. The first-order chi connectivity index (χ1) is 10.5. The minimum absolute atomic E-state index is 0.804. The summed E-state index contributed by atoms with van der Waals surface area (Å²) >= 11 is 0. The molecule has 118 valence electrons. The number of aryl methyl sites for hydroxylation is 4. The van der Waals surface area contributed by atoms with Gasteiger partial charge >= 0.3 is 0 Å². The van der Waals surface area contributed by atoms with Crippen molar-refractivity contribution in [2.24, 2.45) is 0 Å². The Bertz CT molecular complexity index is 617. The van der Waals surface area contributed by atoms with E-state index in [2.05, 4.69) is 65.0 Å². The van der Waals surface area contributed by atoms with Crippen molar-refractivity contribution in [3.8, 4) is 5.75 Å². The topological polar surface area (TPSA) is 9.23 Å². The van der Waals surface area contributed by atoms with E-state index < -0.39 is 0 Å². The van der Waals surface area contributed by atoms with Crippen LogP contribution in [0.15, 0.2) is 30.3 Å². The van der Waals surface area contributed by atoms with Gasteiger partial charge < -0.3 is 4.74 Å². The van der Waals surface area contributed by atoms with Gasteiger partial charge in [0.2, 0.25) is 0 Å². The Morgan fingerprint density at radius 3 is 2.18 bits per heavy atom. The molecule has 1 heteroatoms. The second-order valence-electron chi connectivity index (χ2n) is 6.37. The van der Waals surface area contributed by atoms with E-state index >= 15 is 0 Å². The number of hydrogen-bond donors (Lipinski definition) is 0. The van der Waals surface area contributed by atoms with Gasteiger partial charge in [-0.3, -0.25) is 0 Å². The Kier molecular flexibility index (Phi) is 5.65. The molecule has 1 nitrogen and oxygen atoms in total. The van der Waals surface area contributed by atoms with Crippen molar-refractivity contribution in [2.75, 3.05) is 6.61 Å². The molecule has 0 aliphatic carbocycles. The lowest BCUT2D eigenvalue weighted by Gasteiger charge is -2.16. The third-order valence-corrected chi connectivity index (χ3v) is 4.18. The van der Waals surface area contributed by atoms with Gasteiger partial charge in [-0.1, -0.05) is 48.7 Å². The van der Waals surface area contributed by atoms with E-state index in [0.717, 1.165) is 31.6 Å². The van der Waals surface area contributed by atoms with Crippen molar-refractivity contribution in [3.63, 3.8) is 0 Å². The molecule has 0 aromatic heterocycles. The van der Waals surface area contributed by atoms with Gasteiger partial charge in [-0.25, -0.2) is 0 Å². The monoisotopic (exact) mass is 296 g/mol. The highest BCUT2D eigenvalue weighted by atomic mass is 16.5. The van der Waals surface area contributed by atoms with Crippen LogP contribution in [0.2, 0.25) is 0 Å². The summed E-state index contributed by atoms with van der Waals surface area (Å²) in [5, 5.41) is 0. The lowest BCUT2D eigenvalue weighted by Crippen LogP contribution is -2.03. The Balaban J connectivity index is 2.30. The summed E-state index contributed by atoms with van der Waals surface area (Å²) in [5.41, 5.74) is 8.10. The number of unbranched alkanes of at least 4 members (excludes halogenated alkanes) is 1. The molecule has 0 bridgehead atoms. The molecule has 0 unspecified atom stereocenters. The molecule has 0 saturated carbocycles. The van der Waals surface area contributed by atoms with Gasteiger partial charge in [0, 0.05) is 6.42 Å². The molecule has 0 aliphatic rings. The molecule has 2 rings (SSSR count). The molecule has 22 heavy (non-hydrogen) atoms. The highest BCUT2D eigenvalue weighted by molar-refractivity contribution is 5.45. The van der Waals surface area contributed by atoms with Gasteiger partial charge in [-0.2, -0.15) is 0 Å². The summed E-state index contributed by atoms with van der Waals surface area (Å²) in [6, 6.07) is 11.1. The van der Waals surface area contributed by atoms with E-state index in [0.29, 0.717) is 0 Å². The Morgan fingerprint density at radius 2 is 1.55 bits per heavy atom. The average molecular weight is 296 g/mol. The summed E-state index contributed by atoms with van der Waals surface area (Å²) in [4.78, 5) is 0. The first-order valence-electron chi connectivity index (χ1n) is 8.30. The average Bonchev–Trinajstić information content (AvgIpc) is 2.45. The van der Waals surface area contributed by atoms with E-state index in [4.69, 9.17) is 4.74 Å². The zero-order valence-electron chi connectivity index (χ0n) is 14.6. The normalized spacial score (nSPS) is 10.8. The first-order valence-corrected chi connectivity index (χ1v) is 8.30. The van der Waals surface area contributed by atoms with Crippen LogP contribution >= 0.6 is 0 Å². The molecule has 2 aromatic carbocycles. The van der Waals surface area contributed by atoms with Gasteiger partial charge in [-0.15, -0.1) is 0 Å². The van der Waals surface area contributed by atoms with Crippen molar-refractivity contribution in [2.45, 2.75) is 53.9 Å². The van der Waals surface area contributed by atoms with Crippen LogP contribution in [0.3, 0.4) is 0 Å². The fourth-order valence-electron chi connectivity index (χ4n) is 2.99. The SMILES string of the molecule is CCCCOc1ccc(C)cc1Cc1c(C)cc(C)cc1C. The molecular weight excluding hydrogens is 268 g/mol. The molecule has 0 saturated heterocycles. The molecule has 0 fully saturated rings. The van der Waals surface area contributed by atoms with Crippen LogP contribution in [0.4, 0.5) is 0 Å². The second kappa shape index (κ2) is 7.49. The van der Waals surface area contributed by atoms with Crippen LogP contribution in [0.1, 0.15) is 53.1 Å². The van der Waals surface area contributed by atoms with Gasteiger partial charge in [0.15, 0.2) is 0 Å². The molecule has 0 spiro atoms. The summed E-state index contributed by atoms with van der Waals surface area (Å²) < 4.78 is 6.01. The number of hydrogen-bond acceptors (Lipinski definition) is 1. The minimum atomic E-state index is 0.804. The molecule has 0 heterocycles. The maximum atomic E-state index is 6.01. The lowest BCUT2D eigenvalue weighted by molar-refractivity contribution is 0.306. The Hall–Kier alpha value is -1.76. The fourth-order valence-corrected chi connectivity index (χ4v) is 2.99. The van der Waals surface area contributed by atoms with Crippen molar-refractivity contribution >= 4 is 0 Å². The van der Waals surface area contributed by atoms with Crippen molar-refractivity contribution in [3.05, 3.63) is 63.7 Å². The van der Waals surface area contributed by atoms with E-state index in [-0.39, 0.29) is 0 Å². The zero-order chi connectivity index (χ0) is 16.1. The standard InChI is InChI=1S/C21H28O/c1-6-7-10-22-21-9-8-15(2)13-19(21)14-20-17(4)11-16(3)12-18(20)5/h8-9,11-13H,6-7,10,14H2,1-5H3. The summed E-state index contributed by atoms with van der Waals surface area (Å²) in [6.45, 7) is 11.7. The maximum absolute atomic E-state index is 6.01. The smallest absolute Gasteiger partial charge is 0.122 e. The molecule has 0 N–H and O–H groups in total. The van der Waals surface area contributed by atoms with Crippen molar-refractivity contribution in [1.29, 1.82) is 0 Å². The van der Waals surface area contributed by atoms with E-state index in [1.54, 1.807) is 0 Å². The summed E-state index contributed by atoms with van der Waals surface area (Å²) in [6.07, 6.45) is 3.22. The van der Waals surface area contributed by atoms with Crippen LogP contribution in [-0.2, 0) is 6.42 Å². The van der Waals surface area contributed by atoms with Crippen LogP contribution in [0, 0.1) is 27.7 Å². The van der Waals surface area contributed by atoms with Crippen molar-refractivity contribution < 1.29 is 4.74 Å². The van der Waals surface area contributed by atoms with E-state index in [1.807, 2.05) is 0 Å². The molecule has 2 aromatic rings. The third kappa shape index (κ3) is 4.13. The van der Waals surface area contributed by atoms with Crippen LogP contribution in [-0.4, -0.2) is 6.61 Å². The third-order valence-electron chi connectivity index (χ3n) is 4.18. The predicted octanol–water partition coefficient (Wildman–Crippen LogP) is 5.69. The maximum Gasteiger partial charge on any atom is 0.122 e. The molecule has 0 atom stereocenters. The minimum Gasteiger partial charge on any atom is -0.493 e. The van der Waals surface area contributed by atoms with E-state index in [1.165, 1.54) is 33.4 Å². The lowest BCUT2D eigenvalue weighted by atomic mass is 9.93. The van der Waals surface area contributed by atoms with Gasteiger partial charge in [0.1, 0.15) is 5.75 Å². The zero-order valence-corrected chi connectivity index (χ0v) is 14.6. The highest BCUT2D eigenvalue weighted by Gasteiger charge is 2.10. The second-order valence-corrected chi connectivity index (χ2v) is 6.37. The first kappa shape index (κ1) is 16.6. The fraction of sp³-hybridized carbons (Fsp3) is 0.429. The summed E-state index contributed by atoms with van der Waals surface area (Å²) in [5.74, 6) is 1.04. The molecular formula is C21H28O. The Labute approximate surface area is 135 Å². The predicted molar refractivity (Wildman–Crippen MR) is 95.0 cm³/mol. The molecule has 0 aliphatic heterocycles. The number of rotatable bonds is 6. The Morgan fingerprint density at radius 1 is 0.864 bits per heavy atom. The number of ether oxygens (including phenoxy) is 1. The molecule has 0 radical (unpaired) electrons. The number of benzene rings is 2. The largest absolute Gasteiger partial charge is 0.493 e. The van der Waals surface area contributed by atoms with Crippen LogP contribution < -0.4 is 4.74 Å².